The summed E-state index contributed by atoms with van der Waals surface area (Å²) in [7, 11) is 0. The lowest BCUT2D eigenvalue weighted by Gasteiger charge is -2.03. The number of aromatic nitrogens is 1. The molecule has 0 bridgehead atoms. The molecule has 0 N–H and O–H groups in total. The third kappa shape index (κ3) is 3.75. The Labute approximate surface area is 152 Å². The molecule has 0 aliphatic carbocycles. The maximum atomic E-state index is 13.3. The highest BCUT2D eigenvalue weighted by molar-refractivity contribution is 7.13. The van der Waals surface area contributed by atoms with E-state index in [9.17, 15) is 19.3 Å². The summed E-state index contributed by atoms with van der Waals surface area (Å²) in [6.07, 6.45) is 0.919. The molecule has 3 rings (SSSR count). The summed E-state index contributed by atoms with van der Waals surface area (Å²) < 4.78 is 18.3. The Hall–Kier alpha value is -3.13. The molecule has 132 valence electrons. The average molecular weight is 372 g/mol. The molecule has 0 amide bonds. The van der Waals surface area contributed by atoms with E-state index in [1.165, 1.54) is 22.3 Å². The fourth-order valence-electron chi connectivity index (χ4n) is 2.26. The normalized spacial score (nSPS) is 10.5. The SMILES string of the molecule is CCc1ccc(-c2nc(C(=O)Oc3cc(F)ccc3[N+](=O)[O-])cs2)cc1. The number of nitro groups is 1. The van der Waals surface area contributed by atoms with E-state index in [1.54, 1.807) is 0 Å². The molecular weight excluding hydrogens is 359 g/mol. The highest BCUT2D eigenvalue weighted by Gasteiger charge is 2.21. The van der Waals surface area contributed by atoms with Crippen molar-refractivity contribution in [2.24, 2.45) is 0 Å². The molecule has 0 saturated heterocycles. The number of carbonyl (C=O) groups is 1. The van der Waals surface area contributed by atoms with Gasteiger partial charge < -0.3 is 4.74 Å². The van der Waals surface area contributed by atoms with Crippen molar-refractivity contribution in [3.8, 4) is 16.3 Å². The van der Waals surface area contributed by atoms with Gasteiger partial charge in [-0.1, -0.05) is 31.2 Å². The van der Waals surface area contributed by atoms with Gasteiger partial charge in [-0.25, -0.2) is 14.2 Å². The lowest BCUT2D eigenvalue weighted by Crippen LogP contribution is -2.10. The van der Waals surface area contributed by atoms with Crippen LogP contribution in [-0.2, 0) is 6.42 Å². The number of aryl methyl sites for hydroxylation is 1. The predicted molar refractivity (Wildman–Crippen MR) is 94.9 cm³/mol. The van der Waals surface area contributed by atoms with Gasteiger partial charge in [0.2, 0.25) is 5.75 Å². The maximum Gasteiger partial charge on any atom is 0.363 e. The van der Waals surface area contributed by atoms with Crippen molar-refractivity contribution in [1.29, 1.82) is 0 Å². The van der Waals surface area contributed by atoms with Gasteiger partial charge >= 0.3 is 11.7 Å². The third-order valence-corrected chi connectivity index (χ3v) is 4.54. The van der Waals surface area contributed by atoms with Crippen LogP contribution in [0.25, 0.3) is 10.6 Å². The van der Waals surface area contributed by atoms with Gasteiger partial charge in [0.05, 0.1) is 4.92 Å². The fraction of sp³-hybridized carbons (Fsp3) is 0.111. The smallest absolute Gasteiger partial charge is 0.363 e. The first-order valence-electron chi connectivity index (χ1n) is 7.69. The summed E-state index contributed by atoms with van der Waals surface area (Å²) in [6, 6.07) is 10.4. The van der Waals surface area contributed by atoms with Crippen LogP contribution in [0.4, 0.5) is 10.1 Å². The van der Waals surface area contributed by atoms with Crippen LogP contribution < -0.4 is 4.74 Å². The molecule has 2 aromatic carbocycles. The minimum absolute atomic E-state index is 0.00290. The van der Waals surface area contributed by atoms with Gasteiger partial charge in [0.25, 0.3) is 0 Å². The Balaban J connectivity index is 1.82. The summed E-state index contributed by atoms with van der Waals surface area (Å²) in [6.45, 7) is 2.05. The average Bonchev–Trinajstić information content (AvgIpc) is 3.12. The molecule has 6 nitrogen and oxygen atoms in total. The Kier molecular flexibility index (Phi) is 5.04. The number of ether oxygens (including phenoxy) is 1. The molecule has 0 radical (unpaired) electrons. The van der Waals surface area contributed by atoms with E-state index in [0.717, 1.165) is 30.2 Å². The molecule has 26 heavy (non-hydrogen) atoms. The van der Waals surface area contributed by atoms with Gasteiger partial charge in [-0.05, 0) is 18.1 Å². The van der Waals surface area contributed by atoms with Gasteiger partial charge in [0, 0.05) is 23.1 Å². The minimum Gasteiger partial charge on any atom is -0.414 e. The van der Waals surface area contributed by atoms with Crippen molar-refractivity contribution < 1.29 is 18.8 Å². The first kappa shape index (κ1) is 17.7. The first-order valence-corrected chi connectivity index (χ1v) is 8.57. The molecule has 1 heterocycles. The number of halogens is 1. The van der Waals surface area contributed by atoms with E-state index in [0.29, 0.717) is 5.01 Å². The summed E-state index contributed by atoms with van der Waals surface area (Å²) in [5, 5.41) is 13.1. The van der Waals surface area contributed by atoms with Crippen molar-refractivity contribution in [2.45, 2.75) is 13.3 Å². The zero-order valence-electron chi connectivity index (χ0n) is 13.6. The summed E-state index contributed by atoms with van der Waals surface area (Å²) >= 11 is 1.25. The molecule has 0 fully saturated rings. The molecule has 1 aromatic heterocycles. The molecule has 0 atom stereocenters. The molecule has 0 aliphatic heterocycles. The topological polar surface area (TPSA) is 82.3 Å². The van der Waals surface area contributed by atoms with Crippen LogP contribution >= 0.6 is 11.3 Å². The van der Waals surface area contributed by atoms with Crippen molar-refractivity contribution >= 4 is 23.0 Å². The van der Waals surface area contributed by atoms with E-state index < -0.39 is 28.1 Å². The number of benzene rings is 2. The van der Waals surface area contributed by atoms with E-state index in [1.807, 2.05) is 24.3 Å². The van der Waals surface area contributed by atoms with Crippen LogP contribution in [0, 0.1) is 15.9 Å². The van der Waals surface area contributed by atoms with Crippen LogP contribution in [0.3, 0.4) is 0 Å². The van der Waals surface area contributed by atoms with Gasteiger partial charge in [-0.2, -0.15) is 0 Å². The molecule has 3 aromatic rings. The molecule has 0 aliphatic rings. The second-order valence-corrected chi connectivity index (χ2v) is 6.21. The molecule has 0 unspecified atom stereocenters. The number of hydrogen-bond donors (Lipinski definition) is 0. The Morgan fingerprint density at radius 2 is 2.00 bits per heavy atom. The second kappa shape index (κ2) is 7.40. The molecule has 0 spiro atoms. The van der Waals surface area contributed by atoms with Gasteiger partial charge in [0.15, 0.2) is 5.69 Å². The number of hydrogen-bond acceptors (Lipinski definition) is 6. The van der Waals surface area contributed by atoms with Crippen molar-refractivity contribution in [2.75, 3.05) is 0 Å². The lowest BCUT2D eigenvalue weighted by atomic mass is 10.1. The van der Waals surface area contributed by atoms with Crippen LogP contribution in [-0.4, -0.2) is 15.9 Å². The first-order chi connectivity index (χ1) is 12.5. The Bertz CT molecular complexity index is 970. The Morgan fingerprint density at radius 1 is 1.27 bits per heavy atom. The van der Waals surface area contributed by atoms with E-state index in [4.69, 9.17) is 4.74 Å². The number of thiazole rings is 1. The van der Waals surface area contributed by atoms with E-state index in [2.05, 4.69) is 11.9 Å². The largest absolute Gasteiger partial charge is 0.414 e. The van der Waals surface area contributed by atoms with Crippen molar-refractivity contribution in [1.82, 2.24) is 4.98 Å². The van der Waals surface area contributed by atoms with Crippen LogP contribution in [0.1, 0.15) is 23.0 Å². The van der Waals surface area contributed by atoms with Crippen LogP contribution in [0.15, 0.2) is 47.8 Å². The quantitative estimate of drug-likeness (QED) is 0.282. The van der Waals surface area contributed by atoms with Gasteiger partial charge in [-0.3, -0.25) is 10.1 Å². The highest BCUT2D eigenvalue weighted by Crippen LogP contribution is 2.29. The van der Waals surface area contributed by atoms with E-state index in [-0.39, 0.29) is 5.69 Å². The molecular formula is C18H13FN2O4S. The second-order valence-electron chi connectivity index (χ2n) is 5.35. The predicted octanol–water partition coefficient (Wildman–Crippen LogP) is 4.64. The third-order valence-electron chi connectivity index (χ3n) is 3.64. The van der Waals surface area contributed by atoms with Gasteiger partial charge in [-0.15, -0.1) is 11.3 Å². The lowest BCUT2D eigenvalue weighted by molar-refractivity contribution is -0.385. The summed E-state index contributed by atoms with van der Waals surface area (Å²) in [5.41, 5.74) is 1.54. The fourth-order valence-corrected chi connectivity index (χ4v) is 3.05. The number of esters is 1. The maximum absolute atomic E-state index is 13.3. The molecule has 8 heteroatoms. The van der Waals surface area contributed by atoms with Crippen LogP contribution in [0.5, 0.6) is 5.75 Å². The van der Waals surface area contributed by atoms with Crippen molar-refractivity contribution in [3.05, 3.63) is 75.0 Å². The Morgan fingerprint density at radius 3 is 2.65 bits per heavy atom. The standard InChI is InChI=1S/C18H13FN2O4S/c1-2-11-3-5-12(6-4-11)17-20-14(10-26-17)18(22)25-16-9-13(19)7-8-15(16)21(23)24/h3-10H,2H2,1H3. The van der Waals surface area contributed by atoms with Gasteiger partial charge in [0.1, 0.15) is 10.8 Å². The van der Waals surface area contributed by atoms with Crippen LogP contribution in [0.2, 0.25) is 0 Å². The highest BCUT2D eigenvalue weighted by atomic mass is 32.1. The number of nitrogens with zero attached hydrogens (tertiary/aromatic N) is 2. The zero-order valence-corrected chi connectivity index (χ0v) is 14.5. The number of rotatable bonds is 5. The van der Waals surface area contributed by atoms with Crippen molar-refractivity contribution in [3.63, 3.8) is 0 Å². The summed E-state index contributed by atoms with van der Waals surface area (Å²) in [4.78, 5) is 26.7. The number of nitro benzene ring substituents is 1. The number of carbonyl (C=O) groups excluding carboxylic acids is 1. The minimum atomic E-state index is -0.883. The van der Waals surface area contributed by atoms with E-state index >= 15 is 0 Å². The molecule has 0 saturated carbocycles. The zero-order chi connectivity index (χ0) is 18.7. The monoisotopic (exact) mass is 372 g/mol. The summed E-state index contributed by atoms with van der Waals surface area (Å²) in [5.74, 6) is -2.08.